The van der Waals surface area contributed by atoms with Crippen LogP contribution in [-0.2, 0) is 4.79 Å². The third-order valence-electron chi connectivity index (χ3n) is 4.72. The molecule has 18 heavy (non-hydrogen) atoms. The number of carbonyl (C=O) groups excluding carboxylic acids is 1. The summed E-state index contributed by atoms with van der Waals surface area (Å²) in [6.07, 6.45) is 16.2. The summed E-state index contributed by atoms with van der Waals surface area (Å²) < 4.78 is 0. The topological polar surface area (TPSA) is 17.1 Å². The summed E-state index contributed by atoms with van der Waals surface area (Å²) in [5.41, 5.74) is 0.524. The lowest BCUT2D eigenvalue weighted by Crippen LogP contribution is -2.20. The first-order valence-corrected chi connectivity index (χ1v) is 8.24. The van der Waals surface area contributed by atoms with Gasteiger partial charge in [-0.15, -0.1) is 0 Å². The quantitative estimate of drug-likeness (QED) is 0.402. The van der Waals surface area contributed by atoms with E-state index in [0.29, 0.717) is 11.2 Å². The maximum absolute atomic E-state index is 11.6. The van der Waals surface area contributed by atoms with Crippen molar-refractivity contribution in [3.05, 3.63) is 0 Å². The molecule has 0 N–H and O–H groups in total. The van der Waals surface area contributed by atoms with Gasteiger partial charge in [-0.05, 0) is 37.5 Å². The lowest BCUT2D eigenvalue weighted by atomic mass is 9.72. The van der Waals surface area contributed by atoms with Crippen LogP contribution in [0.1, 0.15) is 97.3 Å². The van der Waals surface area contributed by atoms with Crippen molar-refractivity contribution in [1.29, 1.82) is 0 Å². The zero-order valence-electron chi connectivity index (χ0n) is 12.6. The van der Waals surface area contributed by atoms with Gasteiger partial charge in [-0.3, -0.25) is 4.79 Å². The Bertz CT molecular complexity index is 222. The lowest BCUT2D eigenvalue weighted by molar-refractivity contribution is -0.119. The summed E-state index contributed by atoms with van der Waals surface area (Å²) in [7, 11) is 0. The Hall–Kier alpha value is -0.330. The monoisotopic (exact) mass is 252 g/mol. The van der Waals surface area contributed by atoms with E-state index < -0.39 is 0 Å². The van der Waals surface area contributed by atoms with Gasteiger partial charge in [-0.1, -0.05) is 52.4 Å². The first kappa shape index (κ1) is 15.7. The zero-order chi connectivity index (χ0) is 13.3. The molecule has 0 bridgehead atoms. The minimum Gasteiger partial charge on any atom is -0.300 e. The standard InChI is InChI=1S/C17H32O/c1-3-5-7-12-17(13-8-6-4-2)14-9-10-16(18)11-15-17/h3-15H2,1-2H3. The number of hydrogen-bond acceptors (Lipinski definition) is 1. The molecule has 1 heteroatoms. The van der Waals surface area contributed by atoms with Gasteiger partial charge in [0.25, 0.3) is 0 Å². The molecule has 1 rings (SSSR count). The summed E-state index contributed by atoms with van der Waals surface area (Å²) in [6, 6.07) is 0. The SMILES string of the molecule is CCCCCC1(CCCCC)CCCC(=O)CC1. The molecule has 0 heterocycles. The van der Waals surface area contributed by atoms with Crippen molar-refractivity contribution >= 4 is 5.78 Å². The normalized spacial score (nSPS) is 19.8. The molecule has 0 spiro atoms. The number of ketones is 1. The smallest absolute Gasteiger partial charge is 0.132 e. The van der Waals surface area contributed by atoms with Gasteiger partial charge in [-0.2, -0.15) is 0 Å². The number of rotatable bonds is 8. The van der Waals surface area contributed by atoms with E-state index in [1.54, 1.807) is 0 Å². The average molecular weight is 252 g/mol. The Labute approximate surface area is 114 Å². The average Bonchev–Trinajstić information content (AvgIpc) is 2.54. The molecule has 0 amide bonds. The maximum atomic E-state index is 11.6. The summed E-state index contributed by atoms with van der Waals surface area (Å²) in [6.45, 7) is 4.56. The van der Waals surface area contributed by atoms with Crippen molar-refractivity contribution in [2.45, 2.75) is 97.3 Å². The van der Waals surface area contributed by atoms with E-state index in [1.165, 1.54) is 64.2 Å². The van der Waals surface area contributed by atoms with Crippen LogP contribution in [0.3, 0.4) is 0 Å². The molecular weight excluding hydrogens is 220 g/mol. The number of Topliss-reactive ketones (excluding diaryl/α,β-unsaturated/α-hetero) is 1. The van der Waals surface area contributed by atoms with Crippen LogP contribution < -0.4 is 0 Å². The zero-order valence-corrected chi connectivity index (χ0v) is 12.6. The lowest BCUT2D eigenvalue weighted by Gasteiger charge is -2.33. The molecule has 0 aliphatic heterocycles. The Morgan fingerprint density at radius 1 is 0.889 bits per heavy atom. The van der Waals surface area contributed by atoms with Crippen molar-refractivity contribution in [3.8, 4) is 0 Å². The molecule has 1 fully saturated rings. The van der Waals surface area contributed by atoms with E-state index in [2.05, 4.69) is 13.8 Å². The minimum absolute atomic E-state index is 0.517. The minimum atomic E-state index is 0.517. The van der Waals surface area contributed by atoms with Crippen LogP contribution in [0, 0.1) is 5.41 Å². The first-order chi connectivity index (χ1) is 8.72. The summed E-state index contributed by atoms with van der Waals surface area (Å²) in [5.74, 6) is 0.517. The van der Waals surface area contributed by atoms with E-state index in [9.17, 15) is 4.79 Å². The largest absolute Gasteiger partial charge is 0.300 e. The van der Waals surface area contributed by atoms with Crippen LogP contribution in [0.2, 0.25) is 0 Å². The van der Waals surface area contributed by atoms with Gasteiger partial charge in [0, 0.05) is 12.8 Å². The molecule has 1 aliphatic carbocycles. The highest BCUT2D eigenvalue weighted by molar-refractivity contribution is 5.78. The van der Waals surface area contributed by atoms with Gasteiger partial charge in [0.1, 0.15) is 5.78 Å². The summed E-state index contributed by atoms with van der Waals surface area (Å²) in [5, 5.41) is 0. The maximum Gasteiger partial charge on any atom is 0.132 e. The third kappa shape index (κ3) is 5.54. The number of hydrogen-bond donors (Lipinski definition) is 0. The molecule has 1 nitrogen and oxygen atoms in total. The molecule has 106 valence electrons. The van der Waals surface area contributed by atoms with Gasteiger partial charge in [0.2, 0.25) is 0 Å². The third-order valence-corrected chi connectivity index (χ3v) is 4.72. The van der Waals surface area contributed by atoms with Gasteiger partial charge < -0.3 is 0 Å². The first-order valence-electron chi connectivity index (χ1n) is 8.24. The number of unbranched alkanes of at least 4 members (excludes halogenated alkanes) is 4. The Balaban J connectivity index is 2.51. The molecule has 0 unspecified atom stereocenters. The van der Waals surface area contributed by atoms with Crippen LogP contribution in [0.5, 0.6) is 0 Å². The molecule has 1 saturated carbocycles. The Kier molecular flexibility index (Phi) is 7.62. The van der Waals surface area contributed by atoms with Crippen molar-refractivity contribution in [3.63, 3.8) is 0 Å². The van der Waals surface area contributed by atoms with Crippen LogP contribution in [0.25, 0.3) is 0 Å². The van der Waals surface area contributed by atoms with Crippen LogP contribution in [-0.4, -0.2) is 5.78 Å². The van der Waals surface area contributed by atoms with Crippen molar-refractivity contribution in [2.75, 3.05) is 0 Å². The highest BCUT2D eigenvalue weighted by Crippen LogP contribution is 2.43. The van der Waals surface area contributed by atoms with Crippen LogP contribution in [0.15, 0.2) is 0 Å². The molecule has 0 radical (unpaired) electrons. The van der Waals surface area contributed by atoms with E-state index >= 15 is 0 Å². The highest BCUT2D eigenvalue weighted by atomic mass is 16.1. The van der Waals surface area contributed by atoms with Gasteiger partial charge in [-0.25, -0.2) is 0 Å². The molecule has 0 aromatic heterocycles. The molecule has 0 saturated heterocycles. The van der Waals surface area contributed by atoms with Crippen molar-refractivity contribution < 1.29 is 4.79 Å². The fourth-order valence-corrected chi connectivity index (χ4v) is 3.44. The molecular formula is C17H32O. The fraction of sp³-hybridized carbons (Fsp3) is 0.941. The molecule has 0 aromatic carbocycles. The van der Waals surface area contributed by atoms with Crippen molar-refractivity contribution in [1.82, 2.24) is 0 Å². The molecule has 0 aromatic rings. The van der Waals surface area contributed by atoms with Gasteiger partial charge >= 0.3 is 0 Å². The fourth-order valence-electron chi connectivity index (χ4n) is 3.44. The predicted molar refractivity (Wildman–Crippen MR) is 78.8 cm³/mol. The Morgan fingerprint density at radius 2 is 1.50 bits per heavy atom. The Morgan fingerprint density at radius 3 is 2.06 bits per heavy atom. The predicted octanol–water partition coefficient (Wildman–Crippen LogP) is 5.67. The second kappa shape index (κ2) is 8.72. The van der Waals surface area contributed by atoms with E-state index in [4.69, 9.17) is 0 Å². The molecule has 1 aliphatic rings. The highest BCUT2D eigenvalue weighted by Gasteiger charge is 2.31. The van der Waals surface area contributed by atoms with Crippen LogP contribution in [0.4, 0.5) is 0 Å². The molecule has 0 atom stereocenters. The van der Waals surface area contributed by atoms with Gasteiger partial charge in [0.05, 0.1) is 0 Å². The van der Waals surface area contributed by atoms with Gasteiger partial charge in [0.15, 0.2) is 0 Å². The van der Waals surface area contributed by atoms with E-state index in [0.717, 1.165) is 19.3 Å². The van der Waals surface area contributed by atoms with Crippen molar-refractivity contribution in [2.24, 2.45) is 5.41 Å². The van der Waals surface area contributed by atoms with E-state index in [1.807, 2.05) is 0 Å². The number of carbonyl (C=O) groups is 1. The summed E-state index contributed by atoms with van der Waals surface area (Å²) in [4.78, 5) is 11.6. The van der Waals surface area contributed by atoms with E-state index in [-0.39, 0.29) is 0 Å². The second-order valence-electron chi connectivity index (χ2n) is 6.31. The second-order valence-corrected chi connectivity index (χ2v) is 6.31. The summed E-state index contributed by atoms with van der Waals surface area (Å²) >= 11 is 0. The van der Waals surface area contributed by atoms with Crippen LogP contribution >= 0.6 is 0 Å².